The highest BCUT2D eigenvalue weighted by molar-refractivity contribution is 5.74. The van der Waals surface area contributed by atoms with Gasteiger partial charge in [0, 0.05) is 19.1 Å². The summed E-state index contributed by atoms with van der Waals surface area (Å²) in [5.74, 6) is 0.903. The summed E-state index contributed by atoms with van der Waals surface area (Å²) in [6.07, 6.45) is 8.41. The van der Waals surface area contributed by atoms with Crippen LogP contribution >= 0.6 is 0 Å². The molecule has 116 valence electrons. The van der Waals surface area contributed by atoms with Crippen LogP contribution in [0.4, 0.5) is 11.4 Å². The van der Waals surface area contributed by atoms with Crippen LogP contribution in [-0.4, -0.2) is 19.1 Å². The summed E-state index contributed by atoms with van der Waals surface area (Å²) in [4.78, 5) is 2.72. The van der Waals surface area contributed by atoms with Gasteiger partial charge in [-0.3, -0.25) is 0 Å². The van der Waals surface area contributed by atoms with Crippen molar-refractivity contribution >= 4 is 11.4 Å². The van der Waals surface area contributed by atoms with Gasteiger partial charge < -0.3 is 10.2 Å². The lowest BCUT2D eigenvalue weighted by Crippen LogP contribution is -2.46. The van der Waals surface area contributed by atoms with E-state index in [2.05, 4.69) is 43.1 Å². The topological polar surface area (TPSA) is 15.3 Å². The number of anilines is 2. The predicted molar refractivity (Wildman–Crippen MR) is 92.4 cm³/mol. The summed E-state index contributed by atoms with van der Waals surface area (Å²) in [7, 11) is 0. The quantitative estimate of drug-likeness (QED) is 0.850. The largest absolute Gasteiger partial charge is 0.381 e. The molecule has 21 heavy (non-hydrogen) atoms. The van der Waals surface area contributed by atoms with Crippen molar-refractivity contribution in [1.82, 2.24) is 0 Å². The van der Waals surface area contributed by atoms with E-state index >= 15 is 0 Å². The van der Waals surface area contributed by atoms with Crippen molar-refractivity contribution in [2.45, 2.75) is 65.3 Å². The van der Waals surface area contributed by atoms with Gasteiger partial charge in [0.25, 0.3) is 0 Å². The Morgan fingerprint density at radius 2 is 1.81 bits per heavy atom. The molecule has 1 aromatic carbocycles. The van der Waals surface area contributed by atoms with E-state index in [1.165, 1.54) is 67.6 Å². The summed E-state index contributed by atoms with van der Waals surface area (Å²) in [6.45, 7) is 9.14. The Balaban J connectivity index is 1.87. The van der Waals surface area contributed by atoms with Crippen LogP contribution < -0.4 is 10.2 Å². The van der Waals surface area contributed by atoms with Gasteiger partial charge in [0.2, 0.25) is 0 Å². The Morgan fingerprint density at radius 3 is 2.52 bits per heavy atom. The molecule has 0 radical (unpaired) electrons. The fourth-order valence-electron chi connectivity index (χ4n) is 3.97. The van der Waals surface area contributed by atoms with Crippen LogP contribution in [0.1, 0.15) is 56.6 Å². The van der Waals surface area contributed by atoms with Crippen LogP contribution in [0, 0.1) is 19.8 Å². The standard InChI is InChI=1S/C19H30N2/c1-4-17-12-20-18-10-14(2)15(3)11-19(18)21(17)13-16-8-6-5-7-9-16/h10-11,16-17,20H,4-9,12-13H2,1-3H3. The smallest absolute Gasteiger partial charge is 0.0608 e. The lowest BCUT2D eigenvalue weighted by atomic mass is 9.88. The Labute approximate surface area is 129 Å². The van der Waals surface area contributed by atoms with Gasteiger partial charge in [-0.15, -0.1) is 0 Å². The maximum absolute atomic E-state index is 3.66. The van der Waals surface area contributed by atoms with Gasteiger partial charge in [0.15, 0.2) is 0 Å². The molecule has 1 N–H and O–H groups in total. The molecule has 1 atom stereocenters. The van der Waals surface area contributed by atoms with Crippen molar-refractivity contribution in [2.75, 3.05) is 23.3 Å². The maximum Gasteiger partial charge on any atom is 0.0608 e. The van der Waals surface area contributed by atoms with Gasteiger partial charge in [-0.25, -0.2) is 0 Å². The minimum atomic E-state index is 0.654. The number of benzene rings is 1. The lowest BCUT2D eigenvalue weighted by Gasteiger charge is -2.42. The van der Waals surface area contributed by atoms with Crippen molar-refractivity contribution in [1.29, 1.82) is 0 Å². The molecular formula is C19H30N2. The highest BCUT2D eigenvalue weighted by atomic mass is 15.2. The number of aryl methyl sites for hydroxylation is 2. The first-order valence-corrected chi connectivity index (χ1v) is 8.80. The first kappa shape index (κ1) is 14.7. The molecule has 1 unspecified atom stereocenters. The summed E-state index contributed by atoms with van der Waals surface area (Å²) in [6, 6.07) is 5.40. The van der Waals surface area contributed by atoms with E-state index in [1.807, 2.05) is 0 Å². The van der Waals surface area contributed by atoms with Gasteiger partial charge in [-0.1, -0.05) is 26.2 Å². The van der Waals surface area contributed by atoms with E-state index in [-0.39, 0.29) is 0 Å². The summed E-state index contributed by atoms with van der Waals surface area (Å²) in [5, 5.41) is 3.66. The molecule has 1 heterocycles. The third-order valence-corrected chi connectivity index (χ3v) is 5.54. The zero-order valence-corrected chi connectivity index (χ0v) is 13.9. The molecule has 0 spiro atoms. The van der Waals surface area contributed by atoms with Gasteiger partial charge in [-0.05, 0) is 62.3 Å². The normalized spacial score (nSPS) is 22.8. The summed E-state index contributed by atoms with van der Waals surface area (Å²) >= 11 is 0. The summed E-state index contributed by atoms with van der Waals surface area (Å²) < 4.78 is 0. The summed E-state index contributed by atoms with van der Waals surface area (Å²) in [5.41, 5.74) is 5.61. The van der Waals surface area contributed by atoms with E-state index in [9.17, 15) is 0 Å². The lowest BCUT2D eigenvalue weighted by molar-refractivity contribution is 0.348. The molecule has 0 aromatic heterocycles. The second kappa shape index (κ2) is 6.29. The Morgan fingerprint density at radius 1 is 1.10 bits per heavy atom. The first-order valence-electron chi connectivity index (χ1n) is 8.80. The molecule has 1 aliphatic heterocycles. The Bertz CT molecular complexity index is 489. The van der Waals surface area contributed by atoms with E-state index in [4.69, 9.17) is 0 Å². The molecule has 1 saturated carbocycles. The number of nitrogens with one attached hydrogen (secondary N) is 1. The minimum absolute atomic E-state index is 0.654. The van der Waals surface area contributed by atoms with Crippen molar-refractivity contribution in [3.05, 3.63) is 23.3 Å². The molecular weight excluding hydrogens is 256 g/mol. The molecule has 0 saturated heterocycles. The average molecular weight is 286 g/mol. The maximum atomic E-state index is 3.66. The highest BCUT2D eigenvalue weighted by Gasteiger charge is 2.28. The van der Waals surface area contributed by atoms with Crippen LogP contribution in [0.3, 0.4) is 0 Å². The minimum Gasteiger partial charge on any atom is -0.381 e. The van der Waals surface area contributed by atoms with Crippen LogP contribution in [0.5, 0.6) is 0 Å². The average Bonchev–Trinajstić information content (AvgIpc) is 2.50. The van der Waals surface area contributed by atoms with Crippen LogP contribution in [0.25, 0.3) is 0 Å². The third-order valence-electron chi connectivity index (χ3n) is 5.54. The molecule has 2 heteroatoms. The molecule has 0 bridgehead atoms. The van der Waals surface area contributed by atoms with Gasteiger partial charge in [0.1, 0.15) is 0 Å². The zero-order valence-electron chi connectivity index (χ0n) is 13.9. The SMILES string of the molecule is CCC1CNc2cc(C)c(C)cc2N1CC1CCCCC1. The van der Waals surface area contributed by atoms with Crippen molar-refractivity contribution in [2.24, 2.45) is 5.92 Å². The number of fused-ring (bicyclic) bond motifs is 1. The molecule has 1 fully saturated rings. The van der Waals surface area contributed by atoms with Crippen molar-refractivity contribution in [3.8, 4) is 0 Å². The molecule has 0 amide bonds. The van der Waals surface area contributed by atoms with Crippen LogP contribution in [0.15, 0.2) is 12.1 Å². The Hall–Kier alpha value is -1.18. The van der Waals surface area contributed by atoms with Crippen molar-refractivity contribution < 1.29 is 0 Å². The second-order valence-electron chi connectivity index (χ2n) is 7.05. The monoisotopic (exact) mass is 286 g/mol. The van der Waals surface area contributed by atoms with E-state index in [0.717, 1.165) is 12.5 Å². The number of nitrogens with zero attached hydrogens (tertiary/aromatic N) is 1. The highest BCUT2D eigenvalue weighted by Crippen LogP contribution is 2.37. The van der Waals surface area contributed by atoms with Gasteiger partial charge >= 0.3 is 0 Å². The molecule has 1 aliphatic carbocycles. The van der Waals surface area contributed by atoms with E-state index in [1.54, 1.807) is 0 Å². The van der Waals surface area contributed by atoms with Crippen LogP contribution in [-0.2, 0) is 0 Å². The number of hydrogen-bond donors (Lipinski definition) is 1. The van der Waals surface area contributed by atoms with E-state index in [0.29, 0.717) is 6.04 Å². The first-order chi connectivity index (χ1) is 10.2. The molecule has 2 aliphatic rings. The fourth-order valence-corrected chi connectivity index (χ4v) is 3.97. The molecule has 3 rings (SSSR count). The molecule has 2 nitrogen and oxygen atoms in total. The fraction of sp³-hybridized carbons (Fsp3) is 0.684. The van der Waals surface area contributed by atoms with Gasteiger partial charge in [-0.2, -0.15) is 0 Å². The zero-order chi connectivity index (χ0) is 14.8. The third kappa shape index (κ3) is 3.04. The van der Waals surface area contributed by atoms with E-state index < -0.39 is 0 Å². The number of rotatable bonds is 3. The van der Waals surface area contributed by atoms with Crippen LogP contribution in [0.2, 0.25) is 0 Å². The number of hydrogen-bond acceptors (Lipinski definition) is 2. The predicted octanol–water partition coefficient (Wildman–Crippen LogP) is 4.89. The second-order valence-corrected chi connectivity index (χ2v) is 7.05. The Kier molecular flexibility index (Phi) is 4.42. The van der Waals surface area contributed by atoms with Gasteiger partial charge in [0.05, 0.1) is 11.4 Å². The molecule has 1 aromatic rings. The van der Waals surface area contributed by atoms with Crippen molar-refractivity contribution in [3.63, 3.8) is 0 Å².